The first kappa shape index (κ1) is 27.6. The molecule has 194 valence electrons. The molecule has 0 fully saturated rings. The van der Waals surface area contributed by atoms with E-state index in [1.165, 1.54) is 0 Å². The molecule has 0 amide bonds. The number of rotatable bonds is 13. The van der Waals surface area contributed by atoms with Crippen molar-refractivity contribution in [3.8, 4) is 11.5 Å². The number of nitrogens with zero attached hydrogens (tertiary/aromatic N) is 2. The average molecular weight is 541 g/mol. The molecule has 38 heavy (non-hydrogen) atoms. The van der Waals surface area contributed by atoms with Gasteiger partial charge in [0.1, 0.15) is 11.5 Å². The van der Waals surface area contributed by atoms with E-state index in [1.807, 2.05) is 96.6 Å². The fourth-order valence-corrected chi connectivity index (χ4v) is 5.70. The van der Waals surface area contributed by atoms with E-state index in [9.17, 15) is 0 Å². The maximum atomic E-state index is 5.45. The van der Waals surface area contributed by atoms with Gasteiger partial charge in [0.15, 0.2) is 0 Å². The third-order valence-electron chi connectivity index (χ3n) is 5.69. The van der Waals surface area contributed by atoms with Crippen LogP contribution in [0.3, 0.4) is 0 Å². The molecule has 4 nitrogen and oxygen atoms in total. The Balaban J connectivity index is 1.32. The van der Waals surface area contributed by atoms with Gasteiger partial charge in [-0.3, -0.25) is 9.98 Å². The molecule has 4 rings (SSSR count). The number of methoxy groups -OCH3 is 2. The average Bonchev–Trinajstić information content (AvgIpc) is 2.98. The molecule has 0 aliphatic rings. The lowest BCUT2D eigenvalue weighted by Crippen LogP contribution is -1.89. The van der Waals surface area contributed by atoms with Gasteiger partial charge >= 0.3 is 0 Å². The van der Waals surface area contributed by atoms with Crippen molar-refractivity contribution in [2.24, 2.45) is 9.98 Å². The largest absolute Gasteiger partial charge is 0.497 e. The Morgan fingerprint density at radius 3 is 1.39 bits per heavy atom. The number of hydrogen-bond donors (Lipinski definition) is 0. The molecule has 0 spiro atoms. The van der Waals surface area contributed by atoms with E-state index < -0.39 is 0 Å². The third kappa shape index (κ3) is 8.54. The van der Waals surface area contributed by atoms with Gasteiger partial charge in [0.25, 0.3) is 0 Å². The normalized spacial score (nSPS) is 11.3. The highest BCUT2D eigenvalue weighted by molar-refractivity contribution is 7.99. The van der Waals surface area contributed by atoms with Crippen molar-refractivity contribution in [3.63, 3.8) is 0 Å². The molecule has 0 heterocycles. The summed E-state index contributed by atoms with van der Waals surface area (Å²) < 4.78 is 10.9. The van der Waals surface area contributed by atoms with Crippen LogP contribution in [0, 0.1) is 0 Å². The number of unbranched alkanes of at least 4 members (excludes halogenated alkanes) is 1. The zero-order valence-electron chi connectivity index (χ0n) is 21.7. The van der Waals surface area contributed by atoms with Crippen molar-refractivity contribution in [3.05, 3.63) is 108 Å². The van der Waals surface area contributed by atoms with Gasteiger partial charge in [0.05, 0.1) is 25.6 Å². The van der Waals surface area contributed by atoms with Crippen LogP contribution in [0.15, 0.2) is 117 Å². The molecule has 0 bridgehead atoms. The zero-order valence-corrected chi connectivity index (χ0v) is 23.4. The summed E-state index contributed by atoms with van der Waals surface area (Å²) in [5.74, 6) is 3.73. The highest BCUT2D eigenvalue weighted by atomic mass is 32.2. The van der Waals surface area contributed by atoms with Crippen molar-refractivity contribution in [2.45, 2.75) is 22.6 Å². The number of aliphatic imine (C=N–C) groups is 2. The Bertz CT molecular complexity index is 1240. The number of thioether (sulfide) groups is 2. The van der Waals surface area contributed by atoms with Crippen LogP contribution in [-0.2, 0) is 0 Å². The Kier molecular flexibility index (Phi) is 10.9. The van der Waals surface area contributed by atoms with Crippen LogP contribution in [0.25, 0.3) is 0 Å². The lowest BCUT2D eigenvalue weighted by Gasteiger charge is -2.09. The van der Waals surface area contributed by atoms with E-state index in [0.29, 0.717) is 0 Å². The van der Waals surface area contributed by atoms with Crippen LogP contribution in [0.5, 0.6) is 11.5 Å². The molecular formula is C32H32N2O2S2. The first-order valence-electron chi connectivity index (χ1n) is 12.5. The van der Waals surface area contributed by atoms with Gasteiger partial charge < -0.3 is 9.47 Å². The fraction of sp³-hybridized carbons (Fsp3) is 0.188. The smallest absolute Gasteiger partial charge is 0.120 e. The molecule has 4 aromatic rings. The second kappa shape index (κ2) is 15.1. The van der Waals surface area contributed by atoms with E-state index in [4.69, 9.17) is 19.5 Å². The van der Waals surface area contributed by atoms with E-state index >= 15 is 0 Å². The highest BCUT2D eigenvalue weighted by Crippen LogP contribution is 2.35. The predicted molar refractivity (Wildman–Crippen MR) is 164 cm³/mol. The van der Waals surface area contributed by atoms with Crippen LogP contribution in [0.1, 0.15) is 24.0 Å². The van der Waals surface area contributed by atoms with Crippen molar-refractivity contribution < 1.29 is 9.47 Å². The number of benzene rings is 4. The van der Waals surface area contributed by atoms with E-state index in [0.717, 1.165) is 68.1 Å². The van der Waals surface area contributed by atoms with E-state index in [-0.39, 0.29) is 0 Å². The molecular weight excluding hydrogens is 508 g/mol. The van der Waals surface area contributed by atoms with Crippen molar-refractivity contribution >= 4 is 47.3 Å². The minimum atomic E-state index is 0.850. The third-order valence-corrected chi connectivity index (χ3v) is 7.95. The summed E-state index contributed by atoms with van der Waals surface area (Å²) in [5, 5.41) is 0. The second-order valence-corrected chi connectivity index (χ2v) is 10.7. The molecule has 0 aliphatic carbocycles. The highest BCUT2D eigenvalue weighted by Gasteiger charge is 2.07. The monoisotopic (exact) mass is 540 g/mol. The first-order valence-corrected chi connectivity index (χ1v) is 14.5. The molecule has 0 aromatic heterocycles. The minimum absolute atomic E-state index is 0.850. The summed E-state index contributed by atoms with van der Waals surface area (Å²) in [4.78, 5) is 11.7. The molecule has 0 aliphatic heterocycles. The van der Waals surface area contributed by atoms with Gasteiger partial charge in [-0.15, -0.1) is 23.5 Å². The SMILES string of the molecule is COc1ccc(N=Cc2ccccc2)c(SCCCCSc2cc(OC)ccc2N=Cc2ccccc2)c1. The Labute approximate surface area is 234 Å². The lowest BCUT2D eigenvalue weighted by atomic mass is 10.2. The number of ether oxygens (including phenoxy) is 2. The summed E-state index contributed by atoms with van der Waals surface area (Å²) in [5.41, 5.74) is 4.10. The molecule has 4 aromatic carbocycles. The maximum Gasteiger partial charge on any atom is 0.120 e. The summed E-state index contributed by atoms with van der Waals surface area (Å²) in [6.45, 7) is 0. The molecule has 0 atom stereocenters. The molecule has 0 saturated carbocycles. The van der Waals surface area contributed by atoms with E-state index in [2.05, 4.69) is 36.4 Å². The minimum Gasteiger partial charge on any atom is -0.497 e. The Hall–Kier alpha value is -3.48. The molecule has 0 N–H and O–H groups in total. The zero-order chi connectivity index (χ0) is 26.4. The van der Waals surface area contributed by atoms with Gasteiger partial charge in [-0.1, -0.05) is 60.7 Å². The van der Waals surface area contributed by atoms with Crippen LogP contribution in [-0.4, -0.2) is 38.2 Å². The predicted octanol–water partition coefficient (Wildman–Crippen LogP) is 8.87. The molecule has 0 radical (unpaired) electrons. The van der Waals surface area contributed by atoms with Crippen LogP contribution in [0.2, 0.25) is 0 Å². The van der Waals surface area contributed by atoms with Gasteiger partial charge in [0.2, 0.25) is 0 Å². The summed E-state index contributed by atoms with van der Waals surface area (Å²) in [7, 11) is 3.40. The van der Waals surface area contributed by atoms with Gasteiger partial charge in [-0.05, 0) is 71.9 Å². The van der Waals surface area contributed by atoms with Gasteiger partial charge in [-0.25, -0.2) is 0 Å². The molecule has 0 unspecified atom stereocenters. The Morgan fingerprint density at radius 2 is 1.00 bits per heavy atom. The van der Waals surface area contributed by atoms with E-state index in [1.54, 1.807) is 14.2 Å². The topological polar surface area (TPSA) is 43.2 Å². The summed E-state index contributed by atoms with van der Waals surface area (Å²) in [6, 6.07) is 32.4. The molecule has 6 heteroatoms. The van der Waals surface area contributed by atoms with Crippen LogP contribution in [0.4, 0.5) is 11.4 Å². The summed E-state index contributed by atoms with van der Waals surface area (Å²) >= 11 is 3.65. The van der Waals surface area contributed by atoms with Gasteiger partial charge in [-0.2, -0.15) is 0 Å². The number of hydrogen-bond acceptors (Lipinski definition) is 6. The fourth-order valence-electron chi connectivity index (χ4n) is 3.62. The van der Waals surface area contributed by atoms with Crippen molar-refractivity contribution in [2.75, 3.05) is 25.7 Å². The quantitative estimate of drug-likeness (QED) is 0.0965. The summed E-state index contributed by atoms with van der Waals surface area (Å²) in [6.07, 6.45) is 6.02. The molecule has 0 saturated heterocycles. The van der Waals surface area contributed by atoms with Crippen LogP contribution >= 0.6 is 23.5 Å². The van der Waals surface area contributed by atoms with Crippen LogP contribution < -0.4 is 9.47 Å². The second-order valence-electron chi connectivity index (χ2n) is 8.41. The maximum absolute atomic E-state index is 5.45. The first-order chi connectivity index (χ1) is 18.7. The van der Waals surface area contributed by atoms with Crippen molar-refractivity contribution in [1.82, 2.24) is 0 Å². The Morgan fingerprint density at radius 1 is 0.579 bits per heavy atom. The van der Waals surface area contributed by atoms with Crippen molar-refractivity contribution in [1.29, 1.82) is 0 Å². The lowest BCUT2D eigenvalue weighted by molar-refractivity contribution is 0.413. The van der Waals surface area contributed by atoms with Gasteiger partial charge in [0, 0.05) is 22.2 Å². The standard InChI is InChI=1S/C32H32N2O2S2/c1-35-27-15-17-29(33-23-25-11-5-3-6-12-25)31(21-27)37-19-9-10-20-38-32-22-28(36-2)16-18-30(32)34-24-26-13-7-4-8-14-26/h3-8,11-18,21-24H,9-10,19-20H2,1-2H3.